The summed E-state index contributed by atoms with van der Waals surface area (Å²) in [6.07, 6.45) is 7.33. The van der Waals surface area contributed by atoms with Crippen LogP contribution in [0.15, 0.2) is 23.1 Å². The molecule has 1 aliphatic carbocycles. The fourth-order valence-electron chi connectivity index (χ4n) is 4.97. The van der Waals surface area contributed by atoms with Gasteiger partial charge < -0.3 is 10.2 Å². The van der Waals surface area contributed by atoms with E-state index in [2.05, 4.69) is 5.32 Å². The smallest absolute Gasteiger partial charge is 0.243 e. The lowest BCUT2D eigenvalue weighted by Crippen LogP contribution is -2.47. The molecule has 3 aliphatic rings. The lowest BCUT2D eigenvalue weighted by molar-refractivity contribution is -0.126. The molecule has 2 aliphatic heterocycles. The van der Waals surface area contributed by atoms with Crippen LogP contribution in [0.4, 0.5) is 5.69 Å². The van der Waals surface area contributed by atoms with Crippen LogP contribution in [0.5, 0.6) is 0 Å². The summed E-state index contributed by atoms with van der Waals surface area (Å²) in [6.45, 7) is 2.87. The number of nitrogens with zero attached hydrogens (tertiary/aromatic N) is 2. The molecule has 1 saturated heterocycles. The Kier molecular flexibility index (Phi) is 6.16. The number of nitrogens with one attached hydrogen (secondary N) is 1. The van der Waals surface area contributed by atoms with Gasteiger partial charge >= 0.3 is 0 Å². The molecule has 0 unspecified atom stereocenters. The van der Waals surface area contributed by atoms with Gasteiger partial charge in [0.05, 0.1) is 10.8 Å². The highest BCUT2D eigenvalue weighted by Gasteiger charge is 2.35. The van der Waals surface area contributed by atoms with E-state index in [-0.39, 0.29) is 35.2 Å². The van der Waals surface area contributed by atoms with E-state index in [1.54, 1.807) is 23.1 Å². The summed E-state index contributed by atoms with van der Waals surface area (Å²) in [5.74, 6) is -0.331. The Balaban J connectivity index is 1.50. The highest BCUT2D eigenvalue weighted by atomic mass is 32.2. The van der Waals surface area contributed by atoms with E-state index in [9.17, 15) is 18.0 Å². The summed E-state index contributed by atoms with van der Waals surface area (Å²) in [6, 6.07) is 5.30. The zero-order valence-electron chi connectivity index (χ0n) is 17.6. The number of hydrogen-bond acceptors (Lipinski definition) is 4. The summed E-state index contributed by atoms with van der Waals surface area (Å²) in [4.78, 5) is 26.5. The van der Waals surface area contributed by atoms with E-state index >= 15 is 0 Å². The van der Waals surface area contributed by atoms with Crippen molar-refractivity contribution in [3.8, 4) is 0 Å². The minimum Gasteiger partial charge on any atom is -0.353 e. The average Bonchev–Trinajstić information content (AvgIpc) is 3.26. The second-order valence-electron chi connectivity index (χ2n) is 8.76. The van der Waals surface area contributed by atoms with Crippen molar-refractivity contribution in [3.05, 3.63) is 23.8 Å². The third-order valence-corrected chi connectivity index (χ3v) is 8.51. The Hall–Kier alpha value is -1.93. The monoisotopic (exact) mass is 433 g/mol. The summed E-state index contributed by atoms with van der Waals surface area (Å²) in [7, 11) is -3.68. The first kappa shape index (κ1) is 21.3. The number of rotatable bonds is 4. The van der Waals surface area contributed by atoms with Crippen molar-refractivity contribution in [2.45, 2.75) is 69.2 Å². The molecule has 0 radical (unpaired) electrons. The average molecular weight is 434 g/mol. The van der Waals surface area contributed by atoms with Gasteiger partial charge in [-0.25, -0.2) is 8.42 Å². The first-order valence-electron chi connectivity index (χ1n) is 11.1. The van der Waals surface area contributed by atoms with Crippen molar-refractivity contribution < 1.29 is 18.0 Å². The van der Waals surface area contributed by atoms with Crippen molar-refractivity contribution in [2.24, 2.45) is 5.92 Å². The van der Waals surface area contributed by atoms with Gasteiger partial charge in [-0.05, 0) is 62.3 Å². The summed E-state index contributed by atoms with van der Waals surface area (Å²) >= 11 is 0. The maximum atomic E-state index is 13.3. The van der Waals surface area contributed by atoms with Gasteiger partial charge in [-0.1, -0.05) is 12.8 Å². The van der Waals surface area contributed by atoms with Crippen molar-refractivity contribution in [1.82, 2.24) is 9.62 Å². The van der Waals surface area contributed by atoms with Crippen LogP contribution in [0.3, 0.4) is 0 Å². The molecule has 30 heavy (non-hydrogen) atoms. The zero-order chi connectivity index (χ0) is 21.3. The van der Waals surface area contributed by atoms with Crippen molar-refractivity contribution in [2.75, 3.05) is 24.5 Å². The summed E-state index contributed by atoms with van der Waals surface area (Å²) < 4.78 is 28.1. The predicted octanol–water partition coefficient (Wildman–Crippen LogP) is 2.45. The van der Waals surface area contributed by atoms with Gasteiger partial charge in [0, 0.05) is 38.3 Å². The predicted molar refractivity (Wildman–Crippen MR) is 115 cm³/mol. The maximum absolute atomic E-state index is 13.3. The van der Waals surface area contributed by atoms with Gasteiger partial charge in [-0.3, -0.25) is 9.59 Å². The van der Waals surface area contributed by atoms with Crippen LogP contribution in [-0.4, -0.2) is 50.2 Å². The summed E-state index contributed by atoms with van der Waals surface area (Å²) in [5.41, 5.74) is 1.70. The topological polar surface area (TPSA) is 86.8 Å². The van der Waals surface area contributed by atoms with Gasteiger partial charge in [-0.15, -0.1) is 0 Å². The highest BCUT2D eigenvalue weighted by molar-refractivity contribution is 7.89. The highest BCUT2D eigenvalue weighted by Crippen LogP contribution is 2.32. The largest absolute Gasteiger partial charge is 0.353 e. The molecule has 1 atom stereocenters. The summed E-state index contributed by atoms with van der Waals surface area (Å²) in [5, 5.41) is 3.12. The molecule has 2 amide bonds. The first-order chi connectivity index (χ1) is 14.4. The lowest BCUT2D eigenvalue weighted by atomic mass is 9.98. The van der Waals surface area contributed by atoms with Gasteiger partial charge in [-0.2, -0.15) is 4.31 Å². The second kappa shape index (κ2) is 8.67. The van der Waals surface area contributed by atoms with Crippen molar-refractivity contribution in [1.29, 1.82) is 0 Å². The van der Waals surface area contributed by atoms with Crippen LogP contribution < -0.4 is 10.2 Å². The van der Waals surface area contributed by atoms with Crippen LogP contribution in [0.25, 0.3) is 0 Å². The Bertz CT molecular complexity index is 924. The molecule has 2 heterocycles. The van der Waals surface area contributed by atoms with Crippen LogP contribution >= 0.6 is 0 Å². The molecule has 0 aromatic heterocycles. The van der Waals surface area contributed by atoms with Gasteiger partial charge in [0.15, 0.2) is 0 Å². The van der Waals surface area contributed by atoms with Crippen LogP contribution in [-0.2, 0) is 26.0 Å². The number of anilines is 1. The number of benzene rings is 1. The van der Waals surface area contributed by atoms with Crippen LogP contribution in [0, 0.1) is 5.92 Å². The number of carbonyl (C=O) groups is 2. The molecule has 1 aromatic rings. The second-order valence-corrected chi connectivity index (χ2v) is 10.7. The molecular weight excluding hydrogens is 402 g/mol. The van der Waals surface area contributed by atoms with Gasteiger partial charge in [0.25, 0.3) is 0 Å². The Morgan fingerprint density at radius 2 is 1.80 bits per heavy atom. The van der Waals surface area contributed by atoms with Gasteiger partial charge in [0.1, 0.15) is 0 Å². The Labute approximate surface area is 178 Å². The first-order valence-corrected chi connectivity index (χ1v) is 12.5. The molecule has 1 saturated carbocycles. The number of carbonyl (C=O) groups excluding carboxylic acids is 2. The van der Waals surface area contributed by atoms with Crippen molar-refractivity contribution >= 4 is 27.5 Å². The molecule has 0 bridgehead atoms. The molecule has 1 N–H and O–H groups in total. The standard InChI is InChI=1S/C22H31N3O4S/c1-16(26)25-13-5-6-17-14-20(10-11-21(17)25)30(28,29)24-12-4-7-18(15-24)22(27)23-19-8-2-3-9-19/h10-11,14,18-19H,2-9,12-13,15H2,1H3,(H,23,27)/t18-/m1/s1. The molecular formula is C22H31N3O4S. The lowest BCUT2D eigenvalue weighted by Gasteiger charge is -2.33. The molecule has 4 rings (SSSR count). The van der Waals surface area contributed by atoms with Crippen LogP contribution in [0.2, 0.25) is 0 Å². The zero-order valence-corrected chi connectivity index (χ0v) is 18.4. The number of sulfonamides is 1. The molecule has 8 heteroatoms. The fraction of sp³-hybridized carbons (Fsp3) is 0.636. The quantitative estimate of drug-likeness (QED) is 0.790. The van der Waals surface area contributed by atoms with E-state index in [1.807, 2.05) is 0 Å². The van der Waals surface area contributed by atoms with E-state index in [4.69, 9.17) is 0 Å². The van der Waals surface area contributed by atoms with Crippen LogP contribution in [0.1, 0.15) is 57.4 Å². The molecule has 0 spiro atoms. The number of hydrogen-bond donors (Lipinski definition) is 1. The third-order valence-electron chi connectivity index (χ3n) is 6.64. The van der Waals surface area contributed by atoms with Crippen molar-refractivity contribution in [3.63, 3.8) is 0 Å². The minimum absolute atomic E-state index is 0.00987. The Morgan fingerprint density at radius 3 is 2.53 bits per heavy atom. The normalized spacial score (nSPS) is 23.2. The number of aryl methyl sites for hydroxylation is 1. The maximum Gasteiger partial charge on any atom is 0.243 e. The number of amides is 2. The SMILES string of the molecule is CC(=O)N1CCCc2cc(S(=O)(=O)N3CCC[C@@H](C(=O)NC4CCCC4)C3)ccc21. The van der Waals surface area contributed by atoms with E-state index in [0.29, 0.717) is 19.5 Å². The third kappa shape index (κ3) is 4.25. The Morgan fingerprint density at radius 1 is 1.03 bits per heavy atom. The van der Waals surface area contributed by atoms with E-state index in [0.717, 1.165) is 56.2 Å². The fourth-order valence-corrected chi connectivity index (χ4v) is 6.55. The van der Waals surface area contributed by atoms with E-state index < -0.39 is 10.0 Å². The van der Waals surface area contributed by atoms with Gasteiger partial charge in [0.2, 0.25) is 21.8 Å². The molecule has 7 nitrogen and oxygen atoms in total. The molecule has 164 valence electrons. The molecule has 1 aromatic carbocycles. The number of piperidine rings is 1. The number of fused-ring (bicyclic) bond motifs is 1. The molecule has 2 fully saturated rings. The van der Waals surface area contributed by atoms with E-state index in [1.165, 1.54) is 11.2 Å². The minimum atomic E-state index is -3.68.